The lowest BCUT2D eigenvalue weighted by molar-refractivity contribution is -0.122. The van der Waals surface area contributed by atoms with Gasteiger partial charge < -0.3 is 10.1 Å². The van der Waals surface area contributed by atoms with Gasteiger partial charge in [-0.25, -0.2) is 0 Å². The molecule has 1 aliphatic heterocycles. The van der Waals surface area contributed by atoms with Crippen molar-refractivity contribution in [1.82, 2.24) is 5.32 Å². The molecular weight excluding hydrogens is 166 g/mol. The van der Waals surface area contributed by atoms with Crippen LogP contribution in [0.5, 0.6) is 0 Å². The van der Waals surface area contributed by atoms with E-state index >= 15 is 0 Å². The molecule has 3 heteroatoms. The zero-order valence-corrected chi connectivity index (χ0v) is 8.14. The predicted octanol–water partition coefficient (Wildman–Crippen LogP) is 1.08. The van der Waals surface area contributed by atoms with Crippen LogP contribution in [-0.2, 0) is 9.53 Å². The van der Waals surface area contributed by atoms with Gasteiger partial charge in [0.05, 0.1) is 0 Å². The third kappa shape index (κ3) is 2.44. The molecule has 1 aliphatic carbocycles. The molecule has 1 amide bonds. The van der Waals surface area contributed by atoms with Crippen LogP contribution >= 0.6 is 0 Å². The van der Waals surface area contributed by atoms with Crippen LogP contribution in [0.2, 0.25) is 0 Å². The van der Waals surface area contributed by atoms with Gasteiger partial charge in [-0.05, 0) is 32.1 Å². The Morgan fingerprint density at radius 1 is 1.62 bits per heavy atom. The van der Waals surface area contributed by atoms with Gasteiger partial charge >= 0.3 is 0 Å². The maximum atomic E-state index is 11.5. The molecule has 13 heavy (non-hydrogen) atoms. The summed E-state index contributed by atoms with van der Waals surface area (Å²) in [5.41, 5.74) is 0.135. The first-order valence-electron chi connectivity index (χ1n) is 5.07. The van der Waals surface area contributed by atoms with Gasteiger partial charge in [-0.15, -0.1) is 0 Å². The van der Waals surface area contributed by atoms with Crippen molar-refractivity contribution in [3.05, 3.63) is 0 Å². The van der Waals surface area contributed by atoms with Crippen molar-refractivity contribution in [3.8, 4) is 0 Å². The first-order chi connectivity index (χ1) is 6.18. The van der Waals surface area contributed by atoms with E-state index < -0.39 is 0 Å². The topological polar surface area (TPSA) is 38.3 Å². The molecular formula is C10H17NO2. The minimum Gasteiger partial charge on any atom is -0.381 e. The number of rotatable bonds is 3. The second-order valence-electron chi connectivity index (χ2n) is 4.54. The zero-order valence-electron chi connectivity index (χ0n) is 8.14. The minimum atomic E-state index is 0.135. The Kier molecular flexibility index (Phi) is 2.28. The second-order valence-corrected chi connectivity index (χ2v) is 4.54. The van der Waals surface area contributed by atoms with E-state index in [0.29, 0.717) is 12.3 Å². The lowest BCUT2D eigenvalue weighted by atomic mass is 10.0. The third-order valence-electron chi connectivity index (χ3n) is 2.94. The third-order valence-corrected chi connectivity index (χ3v) is 2.94. The van der Waals surface area contributed by atoms with Crippen molar-refractivity contribution < 1.29 is 9.53 Å². The first kappa shape index (κ1) is 9.00. The van der Waals surface area contributed by atoms with Crippen LogP contribution in [0.4, 0.5) is 0 Å². The second kappa shape index (κ2) is 3.29. The van der Waals surface area contributed by atoms with Gasteiger partial charge in [0.25, 0.3) is 0 Å². The minimum absolute atomic E-state index is 0.135. The molecule has 0 radical (unpaired) electrons. The largest absolute Gasteiger partial charge is 0.381 e. The maximum absolute atomic E-state index is 11.5. The van der Waals surface area contributed by atoms with E-state index in [-0.39, 0.29) is 11.4 Å². The molecule has 1 unspecified atom stereocenters. The Morgan fingerprint density at radius 2 is 2.38 bits per heavy atom. The SMILES string of the molecule is CC1(NC(=O)CC2CCOC2)CC1. The monoisotopic (exact) mass is 183 g/mol. The van der Waals surface area contributed by atoms with Gasteiger partial charge in [0.2, 0.25) is 5.91 Å². The smallest absolute Gasteiger partial charge is 0.220 e. The van der Waals surface area contributed by atoms with E-state index in [4.69, 9.17) is 4.74 Å². The molecule has 0 aromatic rings. The molecule has 3 nitrogen and oxygen atoms in total. The van der Waals surface area contributed by atoms with Gasteiger partial charge in [-0.1, -0.05) is 0 Å². The van der Waals surface area contributed by atoms with E-state index in [9.17, 15) is 4.79 Å². The molecule has 2 fully saturated rings. The highest BCUT2D eigenvalue weighted by Gasteiger charge is 2.38. The lowest BCUT2D eigenvalue weighted by Crippen LogP contribution is -2.35. The number of hydrogen-bond acceptors (Lipinski definition) is 2. The van der Waals surface area contributed by atoms with Crippen LogP contribution < -0.4 is 5.32 Å². The summed E-state index contributed by atoms with van der Waals surface area (Å²) in [6.07, 6.45) is 3.97. The standard InChI is InChI=1S/C10H17NO2/c1-10(3-4-10)11-9(12)6-8-2-5-13-7-8/h8H,2-7H2,1H3,(H,11,12). The van der Waals surface area contributed by atoms with Crippen LogP contribution in [0.25, 0.3) is 0 Å². The summed E-state index contributed by atoms with van der Waals surface area (Å²) in [6.45, 7) is 3.70. The maximum Gasteiger partial charge on any atom is 0.220 e. The molecule has 2 rings (SSSR count). The lowest BCUT2D eigenvalue weighted by Gasteiger charge is -2.13. The molecule has 0 bridgehead atoms. The fraction of sp³-hybridized carbons (Fsp3) is 0.900. The molecule has 0 spiro atoms. The van der Waals surface area contributed by atoms with Crippen molar-refractivity contribution in [1.29, 1.82) is 0 Å². The van der Waals surface area contributed by atoms with Crippen molar-refractivity contribution in [2.45, 2.75) is 38.1 Å². The van der Waals surface area contributed by atoms with Crippen molar-refractivity contribution in [3.63, 3.8) is 0 Å². The summed E-state index contributed by atoms with van der Waals surface area (Å²) in [5.74, 6) is 0.665. The van der Waals surface area contributed by atoms with Crippen LogP contribution in [0.1, 0.15) is 32.6 Å². The van der Waals surface area contributed by atoms with Crippen molar-refractivity contribution >= 4 is 5.91 Å². The molecule has 0 aromatic carbocycles. The number of carbonyl (C=O) groups is 1. The van der Waals surface area contributed by atoms with Gasteiger partial charge in [0.1, 0.15) is 0 Å². The molecule has 1 saturated heterocycles. The molecule has 0 aromatic heterocycles. The van der Waals surface area contributed by atoms with Gasteiger partial charge in [-0.2, -0.15) is 0 Å². The van der Waals surface area contributed by atoms with Crippen LogP contribution in [0.15, 0.2) is 0 Å². The van der Waals surface area contributed by atoms with E-state index in [1.165, 1.54) is 0 Å². The van der Waals surface area contributed by atoms with E-state index in [2.05, 4.69) is 12.2 Å². The summed E-state index contributed by atoms with van der Waals surface area (Å²) in [6, 6.07) is 0. The molecule has 1 atom stereocenters. The van der Waals surface area contributed by atoms with Gasteiger partial charge in [0, 0.05) is 25.2 Å². The summed E-state index contributed by atoms with van der Waals surface area (Å²) >= 11 is 0. The number of nitrogens with one attached hydrogen (secondary N) is 1. The van der Waals surface area contributed by atoms with Gasteiger partial charge in [0.15, 0.2) is 0 Å². The van der Waals surface area contributed by atoms with Crippen molar-refractivity contribution in [2.24, 2.45) is 5.92 Å². The number of carbonyl (C=O) groups excluding carboxylic acids is 1. The first-order valence-corrected chi connectivity index (χ1v) is 5.07. The fourth-order valence-corrected chi connectivity index (χ4v) is 1.71. The Bertz CT molecular complexity index is 205. The van der Waals surface area contributed by atoms with Crippen LogP contribution in [0.3, 0.4) is 0 Å². The summed E-state index contributed by atoms with van der Waals surface area (Å²) in [4.78, 5) is 11.5. The zero-order chi connectivity index (χ0) is 9.31. The highest BCUT2D eigenvalue weighted by Crippen LogP contribution is 2.34. The number of amides is 1. The molecule has 74 valence electrons. The number of ether oxygens (including phenoxy) is 1. The normalized spacial score (nSPS) is 30.1. The Morgan fingerprint density at radius 3 is 2.92 bits per heavy atom. The molecule has 1 saturated carbocycles. The summed E-state index contributed by atoms with van der Waals surface area (Å²) in [7, 11) is 0. The van der Waals surface area contributed by atoms with Gasteiger partial charge in [-0.3, -0.25) is 4.79 Å². The fourth-order valence-electron chi connectivity index (χ4n) is 1.71. The number of hydrogen-bond donors (Lipinski definition) is 1. The quantitative estimate of drug-likeness (QED) is 0.711. The Balaban J connectivity index is 1.71. The molecule has 2 aliphatic rings. The summed E-state index contributed by atoms with van der Waals surface area (Å²) < 4.78 is 5.22. The van der Waals surface area contributed by atoms with E-state index in [1.54, 1.807) is 0 Å². The Hall–Kier alpha value is -0.570. The van der Waals surface area contributed by atoms with E-state index in [1.807, 2.05) is 0 Å². The average Bonchev–Trinajstić information content (AvgIpc) is 2.61. The average molecular weight is 183 g/mol. The van der Waals surface area contributed by atoms with Crippen LogP contribution in [0, 0.1) is 5.92 Å². The molecule has 1 heterocycles. The summed E-state index contributed by atoms with van der Waals surface area (Å²) in [5, 5.41) is 3.06. The van der Waals surface area contributed by atoms with Crippen LogP contribution in [-0.4, -0.2) is 24.7 Å². The Labute approximate surface area is 78.8 Å². The van der Waals surface area contributed by atoms with Crippen molar-refractivity contribution in [2.75, 3.05) is 13.2 Å². The highest BCUT2D eigenvalue weighted by molar-refractivity contribution is 5.77. The predicted molar refractivity (Wildman–Crippen MR) is 49.3 cm³/mol. The molecule has 1 N–H and O–H groups in total. The van der Waals surface area contributed by atoms with E-state index in [0.717, 1.165) is 32.5 Å². The highest BCUT2D eigenvalue weighted by atomic mass is 16.5.